The minimum atomic E-state index is -0.474. The number of halogens is 2. The van der Waals surface area contributed by atoms with Gasteiger partial charge in [0.05, 0.1) is 5.60 Å². The maximum absolute atomic E-state index is 13.6. The van der Waals surface area contributed by atoms with Crippen molar-refractivity contribution in [3.8, 4) is 0 Å². The van der Waals surface area contributed by atoms with Crippen molar-refractivity contribution in [1.82, 2.24) is 15.3 Å². The van der Waals surface area contributed by atoms with Gasteiger partial charge in [0.2, 0.25) is 0 Å². The third-order valence-electron chi connectivity index (χ3n) is 6.33. The van der Waals surface area contributed by atoms with E-state index < -0.39 is 5.82 Å². The van der Waals surface area contributed by atoms with E-state index >= 15 is 0 Å². The molecule has 28 heavy (non-hydrogen) atoms. The number of pyridine rings is 2. The Hall–Kier alpha value is -1.56. The molecule has 1 unspecified atom stereocenters. The molecule has 1 N–H and O–H groups in total. The van der Waals surface area contributed by atoms with Crippen LogP contribution in [0.5, 0.6) is 0 Å². The fourth-order valence-corrected chi connectivity index (χ4v) is 5.02. The van der Waals surface area contributed by atoms with Gasteiger partial charge in [-0.1, -0.05) is 30.5 Å². The van der Waals surface area contributed by atoms with Crippen LogP contribution in [0.15, 0.2) is 36.7 Å². The lowest BCUT2D eigenvalue weighted by molar-refractivity contribution is -0.104. The number of hydrogen-bond acceptors (Lipinski definition) is 4. The van der Waals surface area contributed by atoms with Crippen molar-refractivity contribution in [2.24, 2.45) is 0 Å². The van der Waals surface area contributed by atoms with E-state index in [2.05, 4.69) is 22.4 Å². The first kappa shape index (κ1) is 19.7. The summed E-state index contributed by atoms with van der Waals surface area (Å²) in [5, 5.41) is 3.37. The quantitative estimate of drug-likeness (QED) is 0.555. The molecule has 6 heteroatoms. The molecule has 2 aliphatic rings. The molecule has 3 heterocycles. The molecule has 0 amide bonds. The van der Waals surface area contributed by atoms with E-state index in [1.165, 1.54) is 24.6 Å². The van der Waals surface area contributed by atoms with Gasteiger partial charge in [-0.2, -0.15) is 0 Å². The second-order valence-electron chi connectivity index (χ2n) is 8.20. The molecule has 1 saturated heterocycles. The second kappa shape index (κ2) is 8.44. The van der Waals surface area contributed by atoms with Gasteiger partial charge in [0.15, 0.2) is 11.0 Å². The van der Waals surface area contributed by atoms with Crippen molar-refractivity contribution in [2.45, 2.75) is 62.5 Å². The number of hydrogen-bond donors (Lipinski definition) is 1. The normalized spacial score (nSPS) is 23.9. The fourth-order valence-electron chi connectivity index (χ4n) is 4.91. The molecule has 1 spiro atoms. The molecule has 1 aliphatic heterocycles. The van der Waals surface area contributed by atoms with Crippen molar-refractivity contribution in [3.05, 3.63) is 58.9 Å². The lowest BCUT2D eigenvalue weighted by Crippen LogP contribution is -2.47. The Bertz CT molecular complexity index is 798. The van der Waals surface area contributed by atoms with Crippen LogP contribution in [0.25, 0.3) is 0 Å². The summed E-state index contributed by atoms with van der Waals surface area (Å²) in [6.45, 7) is 2.20. The van der Waals surface area contributed by atoms with E-state index in [4.69, 9.17) is 21.3 Å². The maximum atomic E-state index is 13.6. The second-order valence-corrected chi connectivity index (χ2v) is 8.56. The number of aromatic nitrogens is 2. The molecule has 2 fully saturated rings. The van der Waals surface area contributed by atoms with Crippen LogP contribution in [0.1, 0.15) is 56.2 Å². The van der Waals surface area contributed by atoms with E-state index in [-0.39, 0.29) is 16.2 Å². The Labute approximate surface area is 170 Å². The van der Waals surface area contributed by atoms with Crippen LogP contribution in [0.4, 0.5) is 4.39 Å². The van der Waals surface area contributed by atoms with E-state index in [0.29, 0.717) is 6.54 Å². The SMILES string of the molecule is Fc1cc(CNCCC2(c3ccccn3)CCOC3(CCCC3)C2)cnc1Cl. The third-order valence-corrected chi connectivity index (χ3v) is 6.61. The zero-order valence-electron chi connectivity index (χ0n) is 16.1. The lowest BCUT2D eigenvalue weighted by Gasteiger charge is -2.46. The molecule has 0 bridgehead atoms. The third kappa shape index (κ3) is 4.22. The van der Waals surface area contributed by atoms with Crippen LogP contribution < -0.4 is 5.32 Å². The Balaban J connectivity index is 1.45. The Morgan fingerprint density at radius 1 is 1.18 bits per heavy atom. The molecular weight excluding hydrogens is 377 g/mol. The molecule has 2 aromatic heterocycles. The van der Waals surface area contributed by atoms with Crippen molar-refractivity contribution < 1.29 is 9.13 Å². The number of rotatable bonds is 6. The van der Waals surface area contributed by atoms with Crippen LogP contribution >= 0.6 is 11.6 Å². The maximum Gasteiger partial charge on any atom is 0.164 e. The summed E-state index contributed by atoms with van der Waals surface area (Å²) in [6, 6.07) is 7.66. The number of nitrogens with one attached hydrogen (secondary N) is 1. The summed E-state index contributed by atoms with van der Waals surface area (Å²) in [7, 11) is 0. The molecule has 150 valence electrons. The van der Waals surface area contributed by atoms with E-state index in [1.807, 2.05) is 12.3 Å². The average molecular weight is 404 g/mol. The molecule has 4 rings (SSSR count). The summed E-state index contributed by atoms with van der Waals surface area (Å²) in [5.74, 6) is -0.474. The highest BCUT2D eigenvalue weighted by molar-refractivity contribution is 6.29. The van der Waals surface area contributed by atoms with Gasteiger partial charge in [-0.05, 0) is 62.4 Å². The first-order valence-corrected chi connectivity index (χ1v) is 10.5. The molecule has 1 atom stereocenters. The first-order valence-electron chi connectivity index (χ1n) is 10.2. The average Bonchev–Trinajstić information content (AvgIpc) is 3.16. The highest BCUT2D eigenvalue weighted by Gasteiger charge is 2.48. The van der Waals surface area contributed by atoms with Crippen LogP contribution in [0.3, 0.4) is 0 Å². The van der Waals surface area contributed by atoms with E-state index in [0.717, 1.165) is 50.8 Å². The van der Waals surface area contributed by atoms with E-state index in [9.17, 15) is 4.39 Å². The van der Waals surface area contributed by atoms with Crippen molar-refractivity contribution >= 4 is 11.6 Å². The minimum absolute atomic E-state index is 0.0268. The summed E-state index contributed by atoms with van der Waals surface area (Å²) >= 11 is 5.66. The lowest BCUT2D eigenvalue weighted by atomic mass is 9.68. The topological polar surface area (TPSA) is 47.0 Å². The van der Waals surface area contributed by atoms with E-state index in [1.54, 1.807) is 6.20 Å². The van der Waals surface area contributed by atoms with Gasteiger partial charge in [0.25, 0.3) is 0 Å². The highest BCUT2D eigenvalue weighted by atomic mass is 35.5. The monoisotopic (exact) mass is 403 g/mol. The van der Waals surface area contributed by atoms with Crippen molar-refractivity contribution in [2.75, 3.05) is 13.2 Å². The smallest absolute Gasteiger partial charge is 0.164 e. The Morgan fingerprint density at radius 2 is 2.04 bits per heavy atom. The van der Waals surface area contributed by atoms with Crippen molar-refractivity contribution in [1.29, 1.82) is 0 Å². The van der Waals surface area contributed by atoms with Gasteiger partial charge < -0.3 is 10.1 Å². The first-order chi connectivity index (χ1) is 13.6. The van der Waals surface area contributed by atoms with Gasteiger partial charge in [0.1, 0.15) is 0 Å². The molecule has 2 aromatic rings. The van der Waals surface area contributed by atoms with Crippen LogP contribution in [-0.4, -0.2) is 28.7 Å². The van der Waals surface area contributed by atoms with Crippen LogP contribution in [0, 0.1) is 5.82 Å². The molecule has 1 saturated carbocycles. The summed E-state index contributed by atoms with van der Waals surface area (Å²) in [6.07, 6.45) is 11.4. The molecule has 0 radical (unpaired) electrons. The minimum Gasteiger partial charge on any atom is -0.375 e. The molecular formula is C22H27ClFN3O. The highest BCUT2D eigenvalue weighted by Crippen LogP contribution is 2.49. The van der Waals surface area contributed by atoms with Gasteiger partial charge in [-0.15, -0.1) is 0 Å². The molecule has 1 aliphatic carbocycles. The summed E-state index contributed by atoms with van der Waals surface area (Å²) < 4.78 is 19.9. The van der Waals surface area contributed by atoms with Crippen LogP contribution in [-0.2, 0) is 16.7 Å². The largest absolute Gasteiger partial charge is 0.375 e. The van der Waals surface area contributed by atoms with Gasteiger partial charge in [-0.3, -0.25) is 4.98 Å². The molecule has 4 nitrogen and oxygen atoms in total. The Kier molecular flexibility index (Phi) is 5.95. The Morgan fingerprint density at radius 3 is 2.79 bits per heavy atom. The summed E-state index contributed by atoms with van der Waals surface area (Å²) in [5.41, 5.74) is 2.03. The fraction of sp³-hybridized carbons (Fsp3) is 0.545. The predicted octanol–water partition coefficient (Wildman–Crippen LogP) is 4.81. The van der Waals surface area contributed by atoms with Gasteiger partial charge >= 0.3 is 0 Å². The number of ether oxygens (including phenoxy) is 1. The zero-order chi connectivity index (χ0) is 19.5. The van der Waals surface area contributed by atoms with Crippen LogP contribution in [0.2, 0.25) is 5.15 Å². The van der Waals surface area contributed by atoms with Gasteiger partial charge in [0, 0.05) is 36.7 Å². The summed E-state index contributed by atoms with van der Waals surface area (Å²) in [4.78, 5) is 8.61. The molecule has 0 aromatic carbocycles. The standard InChI is InChI=1S/C22H27ClFN3O/c23-20-18(24)13-17(15-27-20)14-25-11-8-21(19-5-1-4-10-26-19)9-12-28-22(16-21)6-2-3-7-22/h1,4-5,10,13,15,25H,2-3,6-9,11-12,14,16H2. The predicted molar refractivity (Wildman–Crippen MR) is 108 cm³/mol. The van der Waals surface area contributed by atoms with Gasteiger partial charge in [-0.25, -0.2) is 9.37 Å². The van der Waals surface area contributed by atoms with Crippen molar-refractivity contribution in [3.63, 3.8) is 0 Å². The number of nitrogens with zero attached hydrogens (tertiary/aromatic N) is 2. The zero-order valence-corrected chi connectivity index (χ0v) is 16.8.